The molecule has 152 valence electrons. The van der Waals surface area contributed by atoms with Crippen molar-refractivity contribution in [3.8, 4) is 11.3 Å². The second-order valence-corrected chi connectivity index (χ2v) is 7.37. The van der Waals surface area contributed by atoms with Crippen molar-refractivity contribution < 1.29 is 26.4 Å². The number of aromatic amines is 1. The average Bonchev–Trinajstić information content (AvgIpc) is 3.03. The molecule has 0 saturated carbocycles. The summed E-state index contributed by atoms with van der Waals surface area (Å²) in [7, 11) is -2.55. The lowest BCUT2D eigenvalue weighted by Crippen LogP contribution is -2.12. The minimum atomic E-state index is -4.52. The van der Waals surface area contributed by atoms with Crippen molar-refractivity contribution in [2.45, 2.75) is 18.9 Å². The van der Waals surface area contributed by atoms with E-state index in [2.05, 4.69) is 10.3 Å². The molecule has 0 unspecified atom stereocenters. The number of benzene rings is 2. The van der Waals surface area contributed by atoms with Crippen molar-refractivity contribution in [1.29, 1.82) is 0 Å². The number of rotatable bonds is 5. The molecule has 1 aromatic heterocycles. The van der Waals surface area contributed by atoms with Gasteiger partial charge < -0.3 is 10.3 Å². The lowest BCUT2D eigenvalue weighted by atomic mass is 10.00. The molecule has 9 heteroatoms. The summed E-state index contributed by atoms with van der Waals surface area (Å²) in [5.41, 5.74) is 1.03. The van der Waals surface area contributed by atoms with E-state index in [1.807, 2.05) is 0 Å². The molecule has 1 heterocycles. The Morgan fingerprint density at radius 2 is 1.72 bits per heavy atom. The van der Waals surface area contributed by atoms with Crippen LogP contribution in [-0.2, 0) is 22.6 Å². The number of carbonyl (C=O) groups excluding carboxylic acids is 1. The van der Waals surface area contributed by atoms with Gasteiger partial charge in [0, 0.05) is 23.1 Å². The zero-order valence-corrected chi connectivity index (χ0v) is 16.1. The van der Waals surface area contributed by atoms with E-state index < -0.39 is 28.4 Å². The molecule has 29 heavy (non-hydrogen) atoms. The number of nitrogens with one attached hydrogen (secondary N) is 2. The number of thiol groups is 1. The maximum atomic E-state index is 13.3. The molecule has 0 aliphatic carbocycles. The second kappa shape index (κ2) is 8.12. The fourth-order valence-electron chi connectivity index (χ4n) is 3.00. The Bertz CT molecular complexity index is 1110. The smallest absolute Gasteiger partial charge is 0.360 e. The van der Waals surface area contributed by atoms with Gasteiger partial charge in [-0.3, -0.25) is 4.79 Å². The molecule has 2 aromatic carbocycles. The predicted octanol–water partition coefficient (Wildman–Crippen LogP) is 4.37. The van der Waals surface area contributed by atoms with Crippen LogP contribution in [0.3, 0.4) is 0 Å². The molecule has 0 bridgehead atoms. The van der Waals surface area contributed by atoms with E-state index >= 15 is 0 Å². The van der Waals surface area contributed by atoms with Gasteiger partial charge in [0.25, 0.3) is 5.91 Å². The number of alkyl halides is 3. The molecule has 0 fully saturated rings. The highest BCUT2D eigenvalue weighted by molar-refractivity contribution is 7.71. The zero-order chi connectivity index (χ0) is 21.2. The summed E-state index contributed by atoms with van der Waals surface area (Å²) in [6.45, 7) is 1.57. The molecular weight excluding hydrogens is 405 g/mol. The predicted molar refractivity (Wildman–Crippen MR) is 104 cm³/mol. The fourth-order valence-corrected chi connectivity index (χ4v) is 3.51. The molecule has 0 radical (unpaired) electrons. The topological polar surface area (TPSA) is 79.0 Å². The molecule has 1 amide bonds. The van der Waals surface area contributed by atoms with Crippen LogP contribution in [0.25, 0.3) is 11.3 Å². The van der Waals surface area contributed by atoms with Gasteiger partial charge in [0.2, 0.25) is 0 Å². The quantitative estimate of drug-likeness (QED) is 0.534. The Balaban J connectivity index is 1.85. The van der Waals surface area contributed by atoms with Gasteiger partial charge in [-0.25, -0.2) is 8.42 Å². The van der Waals surface area contributed by atoms with E-state index in [-0.39, 0.29) is 22.6 Å². The van der Waals surface area contributed by atoms with E-state index in [9.17, 15) is 26.4 Å². The van der Waals surface area contributed by atoms with E-state index in [4.69, 9.17) is 0 Å². The van der Waals surface area contributed by atoms with Crippen LogP contribution in [0.4, 0.5) is 18.9 Å². The summed E-state index contributed by atoms with van der Waals surface area (Å²) in [5, 5.41) is 2.66. The third kappa shape index (κ3) is 4.68. The molecule has 5 nitrogen and oxygen atoms in total. The van der Waals surface area contributed by atoms with E-state index in [1.165, 1.54) is 24.4 Å². The van der Waals surface area contributed by atoms with Gasteiger partial charge in [-0.05, 0) is 36.2 Å². The first-order chi connectivity index (χ1) is 13.7. The van der Waals surface area contributed by atoms with Crippen LogP contribution in [-0.4, -0.2) is 19.3 Å². The van der Waals surface area contributed by atoms with Crippen LogP contribution < -0.4 is 5.32 Å². The van der Waals surface area contributed by atoms with Gasteiger partial charge in [0.15, 0.2) is 0 Å². The first kappa shape index (κ1) is 20.7. The highest BCUT2D eigenvalue weighted by Gasteiger charge is 2.34. The third-order valence-electron chi connectivity index (χ3n) is 4.41. The Labute approximate surface area is 166 Å². The largest absolute Gasteiger partial charge is 0.417 e. The number of H-pyrrole nitrogens is 1. The molecule has 0 aliphatic heterocycles. The van der Waals surface area contributed by atoms with Crippen LogP contribution in [0, 0.1) is 6.92 Å². The van der Waals surface area contributed by atoms with Gasteiger partial charge in [0.1, 0.15) is 10.7 Å². The maximum Gasteiger partial charge on any atom is 0.417 e. The lowest BCUT2D eigenvalue weighted by Gasteiger charge is -2.12. The zero-order valence-electron chi connectivity index (χ0n) is 15.2. The standard InChI is InChI=1S/C20H17F3N2O3S/c1-12-16(19(26)25-14-8-6-13(7-9-14)11-29(27)28)10-24-18(12)15-4-2-3-5-17(15)20(21,22)23/h2-10,24,29H,11H2,1H3,(H,25,26). The summed E-state index contributed by atoms with van der Waals surface area (Å²) < 4.78 is 61.4. The Morgan fingerprint density at radius 3 is 2.34 bits per heavy atom. The van der Waals surface area contributed by atoms with Crippen molar-refractivity contribution in [3.63, 3.8) is 0 Å². The van der Waals surface area contributed by atoms with Crippen molar-refractivity contribution in [3.05, 3.63) is 77.0 Å². The summed E-state index contributed by atoms with van der Waals surface area (Å²) in [6.07, 6.45) is -3.16. The lowest BCUT2D eigenvalue weighted by molar-refractivity contribution is -0.137. The Hall–Kier alpha value is -3.07. The number of aromatic nitrogens is 1. The van der Waals surface area contributed by atoms with Gasteiger partial charge in [0.05, 0.1) is 16.9 Å². The number of hydrogen-bond donors (Lipinski definition) is 3. The van der Waals surface area contributed by atoms with Crippen LogP contribution in [0.1, 0.15) is 27.0 Å². The highest BCUT2D eigenvalue weighted by atomic mass is 32.2. The monoisotopic (exact) mass is 422 g/mol. The van der Waals surface area contributed by atoms with Gasteiger partial charge in [-0.1, -0.05) is 30.3 Å². The number of halogens is 3. The molecule has 0 saturated heterocycles. The third-order valence-corrected chi connectivity index (χ3v) is 5.03. The molecule has 0 spiro atoms. The fraction of sp³-hybridized carbons (Fsp3) is 0.150. The van der Waals surface area contributed by atoms with Crippen LogP contribution in [0.15, 0.2) is 54.7 Å². The maximum absolute atomic E-state index is 13.3. The number of hydrogen-bond acceptors (Lipinski definition) is 3. The van der Waals surface area contributed by atoms with Gasteiger partial charge in [-0.2, -0.15) is 13.2 Å². The Morgan fingerprint density at radius 1 is 1.07 bits per heavy atom. The highest BCUT2D eigenvalue weighted by Crippen LogP contribution is 2.38. The first-order valence-corrected chi connectivity index (χ1v) is 9.89. The first-order valence-electron chi connectivity index (χ1n) is 8.53. The van der Waals surface area contributed by atoms with E-state index in [1.54, 1.807) is 31.2 Å². The minimum absolute atomic E-state index is 0.0346. The van der Waals surface area contributed by atoms with Gasteiger partial charge in [-0.15, -0.1) is 0 Å². The van der Waals surface area contributed by atoms with Crippen LogP contribution >= 0.6 is 0 Å². The molecular formula is C20H17F3N2O3S. The molecule has 2 N–H and O–H groups in total. The summed E-state index contributed by atoms with van der Waals surface area (Å²) in [6, 6.07) is 11.4. The normalized spacial score (nSPS) is 11.6. The SMILES string of the molecule is Cc1c(C(=O)Nc2ccc(C[SH](=O)=O)cc2)c[nH]c1-c1ccccc1C(F)(F)F. The van der Waals surface area contributed by atoms with Crippen molar-refractivity contribution in [2.24, 2.45) is 0 Å². The summed E-state index contributed by atoms with van der Waals surface area (Å²) in [4.78, 5) is 15.3. The molecule has 3 aromatic rings. The van der Waals surface area contributed by atoms with Crippen molar-refractivity contribution >= 4 is 22.3 Å². The number of amides is 1. The second-order valence-electron chi connectivity index (χ2n) is 6.39. The molecule has 0 atom stereocenters. The average molecular weight is 422 g/mol. The van der Waals surface area contributed by atoms with E-state index in [0.29, 0.717) is 16.8 Å². The van der Waals surface area contributed by atoms with E-state index in [0.717, 1.165) is 6.07 Å². The van der Waals surface area contributed by atoms with Crippen molar-refractivity contribution in [2.75, 3.05) is 5.32 Å². The molecule has 0 aliphatic rings. The summed E-state index contributed by atoms with van der Waals surface area (Å²) in [5.74, 6) is -0.584. The number of anilines is 1. The number of carbonyl (C=O) groups is 1. The van der Waals surface area contributed by atoms with Crippen LogP contribution in [0.2, 0.25) is 0 Å². The minimum Gasteiger partial charge on any atom is -0.360 e. The summed E-state index contributed by atoms with van der Waals surface area (Å²) >= 11 is 0. The van der Waals surface area contributed by atoms with Crippen molar-refractivity contribution in [1.82, 2.24) is 4.98 Å². The van der Waals surface area contributed by atoms with Crippen LogP contribution in [0.5, 0.6) is 0 Å². The molecule has 3 rings (SSSR count). The Kier molecular flexibility index (Phi) is 5.78. The van der Waals surface area contributed by atoms with Gasteiger partial charge >= 0.3 is 6.18 Å².